The first-order valence-electron chi connectivity index (χ1n) is 7.45. The minimum Gasteiger partial charge on any atom is -0.492 e. The zero-order valence-electron chi connectivity index (χ0n) is 14.1. The highest BCUT2D eigenvalue weighted by Crippen LogP contribution is 2.07. The van der Waals surface area contributed by atoms with Gasteiger partial charge in [-0.3, -0.25) is 4.99 Å². The van der Waals surface area contributed by atoms with Crippen LogP contribution in [0.15, 0.2) is 35.3 Å². The summed E-state index contributed by atoms with van der Waals surface area (Å²) in [6, 6.07) is 9.87. The van der Waals surface area contributed by atoms with Gasteiger partial charge in [0.05, 0.1) is 6.54 Å². The van der Waals surface area contributed by atoms with Gasteiger partial charge in [0.15, 0.2) is 5.96 Å². The Labute approximate surface area is 151 Å². The molecule has 0 aromatic heterocycles. The molecule has 0 aliphatic carbocycles. The molecule has 1 aromatic rings. The van der Waals surface area contributed by atoms with Crippen LogP contribution in [0.4, 0.5) is 0 Å². The highest BCUT2D eigenvalue weighted by molar-refractivity contribution is 14.0. The van der Waals surface area contributed by atoms with Crippen LogP contribution in [0.5, 0.6) is 5.75 Å². The van der Waals surface area contributed by atoms with E-state index in [0.29, 0.717) is 6.61 Å². The number of aliphatic imine (C=N–C) groups is 1. The van der Waals surface area contributed by atoms with Crippen LogP contribution in [-0.4, -0.2) is 69.7 Å². The zero-order valence-corrected chi connectivity index (χ0v) is 16.4. The first kappa shape index (κ1) is 21.0. The van der Waals surface area contributed by atoms with Crippen molar-refractivity contribution < 1.29 is 4.74 Å². The second-order valence-corrected chi connectivity index (χ2v) is 4.95. The number of rotatable bonds is 8. The van der Waals surface area contributed by atoms with Crippen molar-refractivity contribution in [1.29, 1.82) is 0 Å². The Morgan fingerprint density at radius 2 is 1.86 bits per heavy atom. The second-order valence-electron chi connectivity index (χ2n) is 4.95. The standard InChI is InChI=1S/C16H28N4O.HI/c1-5-19(3)12-11-18-16(17-2)20(4)13-14-21-15-9-7-6-8-10-15;/h6-10H,5,11-14H2,1-4H3,(H,17,18);1H. The predicted octanol–water partition coefficient (Wildman–Crippen LogP) is 2.14. The van der Waals surface area contributed by atoms with Crippen molar-refractivity contribution in [2.75, 3.05) is 53.9 Å². The van der Waals surface area contributed by atoms with Gasteiger partial charge in [0.25, 0.3) is 0 Å². The van der Waals surface area contributed by atoms with Gasteiger partial charge in [0.1, 0.15) is 12.4 Å². The summed E-state index contributed by atoms with van der Waals surface area (Å²) < 4.78 is 5.70. The Morgan fingerprint density at radius 3 is 2.45 bits per heavy atom. The van der Waals surface area contributed by atoms with E-state index in [-0.39, 0.29) is 24.0 Å². The molecule has 6 heteroatoms. The van der Waals surface area contributed by atoms with Crippen LogP contribution in [-0.2, 0) is 0 Å². The van der Waals surface area contributed by atoms with E-state index in [1.807, 2.05) is 37.4 Å². The lowest BCUT2D eigenvalue weighted by molar-refractivity contribution is 0.280. The maximum absolute atomic E-state index is 5.70. The number of hydrogen-bond acceptors (Lipinski definition) is 3. The van der Waals surface area contributed by atoms with Crippen molar-refractivity contribution in [1.82, 2.24) is 15.1 Å². The molecule has 5 nitrogen and oxygen atoms in total. The van der Waals surface area contributed by atoms with Crippen LogP contribution in [0.2, 0.25) is 0 Å². The Bertz CT molecular complexity index is 414. The number of guanidine groups is 1. The summed E-state index contributed by atoms with van der Waals surface area (Å²) in [5.41, 5.74) is 0. The molecule has 0 amide bonds. The molecular formula is C16H29IN4O. The molecule has 1 N–H and O–H groups in total. The topological polar surface area (TPSA) is 40.1 Å². The molecule has 0 fully saturated rings. The average molecular weight is 420 g/mol. The highest BCUT2D eigenvalue weighted by atomic mass is 127. The van der Waals surface area contributed by atoms with Crippen LogP contribution in [0.25, 0.3) is 0 Å². The highest BCUT2D eigenvalue weighted by Gasteiger charge is 2.05. The van der Waals surface area contributed by atoms with Gasteiger partial charge < -0.3 is 19.9 Å². The third kappa shape index (κ3) is 8.43. The fraction of sp³-hybridized carbons (Fsp3) is 0.562. The van der Waals surface area contributed by atoms with E-state index in [1.54, 1.807) is 7.05 Å². The third-order valence-electron chi connectivity index (χ3n) is 3.33. The number of para-hydroxylation sites is 1. The summed E-state index contributed by atoms with van der Waals surface area (Å²) in [5, 5.41) is 3.36. The predicted molar refractivity (Wildman–Crippen MR) is 105 cm³/mol. The average Bonchev–Trinajstić information content (AvgIpc) is 2.52. The first-order valence-corrected chi connectivity index (χ1v) is 7.45. The molecule has 0 saturated heterocycles. The number of halogens is 1. The fourth-order valence-electron chi connectivity index (χ4n) is 1.82. The van der Waals surface area contributed by atoms with Crippen LogP contribution >= 0.6 is 24.0 Å². The number of likely N-dealkylation sites (N-methyl/N-ethyl adjacent to an activating group) is 2. The summed E-state index contributed by atoms with van der Waals surface area (Å²) in [6.07, 6.45) is 0. The molecule has 0 radical (unpaired) electrons. The second kappa shape index (κ2) is 12.5. The molecule has 0 unspecified atom stereocenters. The quantitative estimate of drug-likeness (QED) is 0.398. The van der Waals surface area contributed by atoms with E-state index in [0.717, 1.165) is 37.9 Å². The van der Waals surface area contributed by atoms with Gasteiger partial charge >= 0.3 is 0 Å². The number of ether oxygens (including phenoxy) is 1. The van der Waals surface area contributed by atoms with Crippen LogP contribution in [0.1, 0.15) is 6.92 Å². The molecule has 0 saturated carbocycles. The van der Waals surface area contributed by atoms with Crippen molar-refractivity contribution in [3.05, 3.63) is 30.3 Å². The van der Waals surface area contributed by atoms with E-state index in [4.69, 9.17) is 4.74 Å². The molecular weight excluding hydrogens is 391 g/mol. The van der Waals surface area contributed by atoms with Crippen molar-refractivity contribution in [2.45, 2.75) is 6.92 Å². The minimum atomic E-state index is 0. The Kier molecular flexibility index (Phi) is 11.9. The van der Waals surface area contributed by atoms with Crippen molar-refractivity contribution in [3.8, 4) is 5.75 Å². The van der Waals surface area contributed by atoms with Crippen molar-refractivity contribution >= 4 is 29.9 Å². The SMILES string of the molecule is CCN(C)CCNC(=NC)N(C)CCOc1ccccc1.I. The Morgan fingerprint density at radius 1 is 1.18 bits per heavy atom. The number of nitrogens with one attached hydrogen (secondary N) is 1. The number of nitrogens with zero attached hydrogens (tertiary/aromatic N) is 3. The van der Waals surface area contributed by atoms with E-state index in [9.17, 15) is 0 Å². The number of hydrogen-bond donors (Lipinski definition) is 1. The molecule has 0 spiro atoms. The summed E-state index contributed by atoms with van der Waals surface area (Å²) in [6.45, 7) is 6.53. The van der Waals surface area contributed by atoms with Gasteiger partial charge in [-0.25, -0.2) is 0 Å². The number of benzene rings is 1. The minimum absolute atomic E-state index is 0. The first-order chi connectivity index (χ1) is 10.2. The fourth-order valence-corrected chi connectivity index (χ4v) is 1.82. The van der Waals surface area contributed by atoms with Crippen LogP contribution in [0, 0.1) is 0 Å². The van der Waals surface area contributed by atoms with Crippen molar-refractivity contribution in [3.63, 3.8) is 0 Å². The molecule has 0 aliphatic rings. The molecule has 1 rings (SSSR count). The van der Waals surface area contributed by atoms with Gasteiger partial charge in [0, 0.05) is 27.2 Å². The summed E-state index contributed by atoms with van der Waals surface area (Å²) >= 11 is 0. The van der Waals surface area contributed by atoms with E-state index in [1.165, 1.54) is 0 Å². The molecule has 0 aliphatic heterocycles. The molecule has 0 bridgehead atoms. The molecule has 0 atom stereocenters. The lowest BCUT2D eigenvalue weighted by atomic mass is 10.3. The van der Waals surface area contributed by atoms with Crippen LogP contribution in [0.3, 0.4) is 0 Å². The van der Waals surface area contributed by atoms with E-state index < -0.39 is 0 Å². The van der Waals surface area contributed by atoms with Gasteiger partial charge in [-0.15, -0.1) is 24.0 Å². The van der Waals surface area contributed by atoms with Crippen molar-refractivity contribution in [2.24, 2.45) is 4.99 Å². The maximum atomic E-state index is 5.70. The smallest absolute Gasteiger partial charge is 0.193 e. The van der Waals surface area contributed by atoms with E-state index >= 15 is 0 Å². The summed E-state index contributed by atoms with van der Waals surface area (Å²) in [7, 11) is 5.94. The molecule has 22 heavy (non-hydrogen) atoms. The maximum Gasteiger partial charge on any atom is 0.193 e. The summed E-state index contributed by atoms with van der Waals surface area (Å²) in [4.78, 5) is 8.63. The van der Waals surface area contributed by atoms with E-state index in [2.05, 4.69) is 34.1 Å². The molecule has 0 heterocycles. The Hall–Kier alpha value is -1.02. The van der Waals surface area contributed by atoms with Crippen LogP contribution < -0.4 is 10.1 Å². The largest absolute Gasteiger partial charge is 0.492 e. The van der Waals surface area contributed by atoms with Gasteiger partial charge in [-0.2, -0.15) is 0 Å². The zero-order chi connectivity index (χ0) is 15.5. The molecule has 1 aromatic carbocycles. The van der Waals surface area contributed by atoms with Gasteiger partial charge in [-0.1, -0.05) is 25.1 Å². The third-order valence-corrected chi connectivity index (χ3v) is 3.33. The normalized spacial score (nSPS) is 11.0. The molecule has 126 valence electrons. The van der Waals surface area contributed by atoms with Gasteiger partial charge in [0.2, 0.25) is 0 Å². The summed E-state index contributed by atoms with van der Waals surface area (Å²) in [5.74, 6) is 1.80. The Balaban J connectivity index is 0.00000441. The lowest BCUT2D eigenvalue weighted by Crippen LogP contribution is -2.43. The monoisotopic (exact) mass is 420 g/mol. The lowest BCUT2D eigenvalue weighted by Gasteiger charge is -2.23. The van der Waals surface area contributed by atoms with Gasteiger partial charge in [-0.05, 0) is 25.7 Å².